The van der Waals surface area contributed by atoms with Crippen molar-refractivity contribution in [3.8, 4) is 40.8 Å². The third kappa shape index (κ3) is 39.9. The average Bonchev–Trinajstić information content (AvgIpc) is 1.57. The van der Waals surface area contributed by atoms with Crippen LogP contribution in [0, 0.1) is 62.9 Å². The number of amides is 4. The molecule has 4 atom stereocenters. The van der Waals surface area contributed by atoms with Crippen LogP contribution < -0.4 is 63.4 Å². The molecule has 47 heteroatoms. The summed E-state index contributed by atoms with van der Waals surface area (Å²) in [5, 5.41) is 26.2. The van der Waals surface area contributed by atoms with E-state index in [1.807, 2.05) is 162 Å². The summed E-state index contributed by atoms with van der Waals surface area (Å²) in [6.45, 7) is 12.0. The maximum absolute atomic E-state index is 12.6. The Kier molecular flexibility index (Phi) is 59.2. The first-order valence-electron chi connectivity index (χ1n) is 42.2. The average molecular weight is 2090 g/mol. The van der Waals surface area contributed by atoms with E-state index in [9.17, 15) is 60.8 Å². The summed E-state index contributed by atoms with van der Waals surface area (Å²) >= 11 is 27.9. The minimum absolute atomic E-state index is 0.0249. The molecule has 2 aliphatic heterocycles. The molecule has 36 nitrogen and oxygen atoms in total. The van der Waals surface area contributed by atoms with Gasteiger partial charge in [0.25, 0.3) is 34.9 Å². The Balaban J connectivity index is 0.000000516. The quantitative estimate of drug-likeness (QED) is 0.0143. The highest BCUT2D eigenvalue weighted by molar-refractivity contribution is 7.95. The summed E-state index contributed by atoms with van der Waals surface area (Å²) in [4.78, 5) is 122. The molecule has 0 spiro atoms. The first-order valence-corrected chi connectivity index (χ1v) is 46.1. The number of hydroxylamine groups is 4. The zero-order valence-corrected chi connectivity index (χ0v) is 86.1. The SMILES string of the molecule is CC.CC.CC.CON1C(=O)C2C3CCC(C3)C2C1=O.CON1C(=O)CCC1=O.COc1c(F)c(F)c(F)c(F)c1F.COc1cc(Cl)c(Cl)cc1Cl.COc1ccc([N+](=O)[O-])cc1.COc1ccc([S+](C)C)cc1.COc1cccc[n+]1C.COc1ccccn1.COc1nc(Cl)nc(Cl)n1.COn1ccccc1=O.COn1ncc2ccccc2c1=O.COn1nnc2ccccc21.Cn1ccnc1. The van der Waals surface area contributed by atoms with Crippen LogP contribution in [0.4, 0.5) is 27.6 Å². The molecule has 4 amide bonds. The molecule has 0 N–H and O–H groups in total. The van der Waals surface area contributed by atoms with Crippen LogP contribution in [0.1, 0.15) is 73.6 Å². The van der Waals surface area contributed by atoms with Crippen LogP contribution in [0.3, 0.4) is 0 Å². The predicted octanol–water partition coefficient (Wildman–Crippen LogP) is 17.0. The smallest absolute Gasteiger partial charge is 0.367 e. The predicted molar refractivity (Wildman–Crippen MR) is 526 cm³/mol. The van der Waals surface area contributed by atoms with Crippen molar-refractivity contribution < 1.29 is 108 Å². The Bertz CT molecular complexity index is 5960. The highest BCUT2D eigenvalue weighted by Gasteiger charge is 2.61. The molecule has 4 aliphatic rings. The second kappa shape index (κ2) is 67.6. The number of nitro groups is 1. The zero-order chi connectivity index (χ0) is 106. The minimum Gasteiger partial charge on any atom is -0.497 e. The molecule has 9 heterocycles. The Morgan fingerprint density at radius 2 is 1.04 bits per heavy atom. The lowest BCUT2D eigenvalue weighted by Crippen LogP contribution is -2.31. The molecule has 2 saturated heterocycles. The van der Waals surface area contributed by atoms with Gasteiger partial charge in [0.05, 0.1) is 120 Å². The molecule has 764 valence electrons. The van der Waals surface area contributed by atoms with Crippen molar-refractivity contribution in [1.29, 1.82) is 0 Å². The van der Waals surface area contributed by atoms with E-state index >= 15 is 0 Å². The number of rotatable bonds is 14. The van der Waals surface area contributed by atoms with Gasteiger partial charge >= 0.3 is 17.4 Å². The first kappa shape index (κ1) is 123. The third-order valence-electron chi connectivity index (χ3n) is 18.4. The lowest BCUT2D eigenvalue weighted by molar-refractivity contribution is -0.676. The summed E-state index contributed by atoms with van der Waals surface area (Å²) in [6, 6.07) is 48.4. The third-order valence-corrected chi connectivity index (χ3v) is 21.0. The number of pyridine rings is 3. The van der Waals surface area contributed by atoms with Gasteiger partial charge in [-0.2, -0.15) is 43.2 Å². The van der Waals surface area contributed by atoms with Gasteiger partial charge in [0.15, 0.2) is 16.8 Å². The second-order valence-corrected chi connectivity index (χ2v) is 30.8. The number of carbonyl (C=O) groups excluding carboxylic acids is 4. The van der Waals surface area contributed by atoms with E-state index in [0.717, 1.165) is 74.1 Å². The van der Waals surface area contributed by atoms with Crippen LogP contribution in [0.5, 0.6) is 40.8 Å². The van der Waals surface area contributed by atoms with E-state index in [4.69, 9.17) is 96.2 Å². The number of para-hydroxylation sites is 1. The number of nitrogens with zero attached hydrogens (tertiary/aromatic N) is 16. The van der Waals surface area contributed by atoms with Crippen molar-refractivity contribution in [3.05, 3.63) is 293 Å². The lowest BCUT2D eigenvalue weighted by Gasteiger charge is -2.18. The van der Waals surface area contributed by atoms with Gasteiger partial charge in [-0.05, 0) is 138 Å². The standard InChI is InChI=1S/C10H13NO3.C9H8N2O2.C9H13OS.C7H5Cl3O.C7H3F5O.C7H7N3O.C7H7NO3.C7H10NO.C6H7NO2.C6H7NO.C5H7NO3.C4H3Cl2N3O.C4H6N2.3C2H6/c1-14-11-9(12)7-5-2-3-6(4-5)8(7)10(11)13;1-13-11-9(12)8-5-3-2-4-7(8)6-10-11;1-10-8-4-6-9(7-5-8)11(2)3;1-11-7-3-5(9)4(8)2-6(7)10;1-13-7-5(11)3(9)2(8)4(10)6(7)12;1-11-10-7-5-3-2-4-6(7)8-9-10;1-11-7-4-2-6(3-5-7)8(9)10;1-8-6-4-3-5-7(8)9-2;1-9-7-5-3-2-4-6(7)8;1-8-6-4-2-3-5-7-6;1-9-6-4(7)2-3-5(6)8;1-10-4-8-2(5)7-3(6)9-4;1-6-3-2-5-4-6;3*1-2/h5-8H,2-4H2,1H3;2-6H,1H3;4-7H,1-3H3;2-3H,1H3;1H3;2*2-5H,1H3;3-6H,1-2H3;2-5H,1H3;2-5H,1H3;2-3H2,1H3;1H3;2-4H,1H3;3*1-2H3/q;;+1;;;;;+1;;;;;;;;. The van der Waals surface area contributed by atoms with Crippen LogP contribution in [0.15, 0.2) is 222 Å². The lowest BCUT2D eigenvalue weighted by atomic mass is 9.81. The number of imide groups is 2. The van der Waals surface area contributed by atoms with Crippen LogP contribution in [-0.4, -0.2) is 196 Å². The van der Waals surface area contributed by atoms with Crippen molar-refractivity contribution >= 4 is 120 Å². The molecule has 2 aliphatic carbocycles. The summed E-state index contributed by atoms with van der Waals surface area (Å²) < 4.78 is 100. The van der Waals surface area contributed by atoms with Crippen LogP contribution in [0.25, 0.3) is 21.8 Å². The number of ether oxygens (including phenoxy) is 7. The molecule has 7 aromatic heterocycles. The van der Waals surface area contributed by atoms with E-state index < -0.39 is 39.8 Å². The molecule has 2 saturated carbocycles. The molecule has 17 rings (SSSR count). The van der Waals surface area contributed by atoms with Crippen molar-refractivity contribution in [3.63, 3.8) is 0 Å². The number of aryl methyl sites for hydroxylation is 2. The maximum atomic E-state index is 12.6. The van der Waals surface area contributed by atoms with Crippen molar-refractivity contribution in [2.24, 2.45) is 37.8 Å². The number of hydrogen-bond acceptors (Lipinski definition) is 28. The highest BCUT2D eigenvalue weighted by Crippen LogP contribution is 2.56. The number of fused-ring (bicyclic) bond motifs is 7. The highest BCUT2D eigenvalue weighted by atomic mass is 35.5. The van der Waals surface area contributed by atoms with Gasteiger partial charge in [-0.3, -0.25) is 48.6 Å². The number of halogens is 10. The van der Waals surface area contributed by atoms with Gasteiger partial charge in [-0.1, -0.05) is 129 Å². The molecular formula is C94H114Cl5F5N16O20S+2. The molecule has 13 aromatic rings. The number of imidazole rings is 1. The Morgan fingerprint density at radius 3 is 1.46 bits per heavy atom. The van der Waals surface area contributed by atoms with Crippen LogP contribution >= 0.6 is 58.0 Å². The molecule has 2 bridgehead atoms. The Morgan fingerprint density at radius 1 is 0.511 bits per heavy atom. The molecular weight excluding hydrogens is 1980 g/mol. The van der Waals surface area contributed by atoms with E-state index in [0.29, 0.717) is 60.6 Å². The number of nitro benzene ring substituents is 1. The van der Waals surface area contributed by atoms with E-state index in [-0.39, 0.29) is 81.7 Å². The zero-order valence-electron chi connectivity index (χ0n) is 81.5. The Hall–Kier alpha value is -13.6. The molecule has 4 fully saturated rings. The number of aromatic nitrogens is 13. The van der Waals surface area contributed by atoms with Gasteiger partial charge in [-0.25, -0.2) is 23.1 Å². The van der Waals surface area contributed by atoms with Gasteiger partial charge in [0, 0.05) is 97.4 Å². The summed E-state index contributed by atoms with van der Waals surface area (Å²) in [7, 11) is 21.5. The summed E-state index contributed by atoms with van der Waals surface area (Å²) in [5.74, 6) is -7.77. The van der Waals surface area contributed by atoms with Crippen molar-refractivity contribution in [2.45, 2.75) is 78.5 Å². The van der Waals surface area contributed by atoms with E-state index in [1.165, 1.54) is 77.7 Å². The minimum atomic E-state index is -2.20. The fourth-order valence-electron chi connectivity index (χ4n) is 12.0. The monoisotopic (exact) mass is 2090 g/mol. The van der Waals surface area contributed by atoms with Crippen molar-refractivity contribution in [1.82, 2.24) is 69.4 Å². The van der Waals surface area contributed by atoms with Crippen LogP contribution in [-0.2, 0) is 53.8 Å². The number of non-ortho nitro benzene ring substituents is 1. The normalized spacial score (nSPS) is 13.5. The molecule has 0 radical (unpaired) electrons. The molecule has 4 unspecified atom stereocenters. The maximum Gasteiger partial charge on any atom is 0.367 e. The number of hydrogen-bond donors (Lipinski definition) is 0. The van der Waals surface area contributed by atoms with Gasteiger partial charge in [0.1, 0.15) is 69.2 Å². The van der Waals surface area contributed by atoms with Gasteiger partial charge in [0.2, 0.25) is 45.5 Å². The van der Waals surface area contributed by atoms with Crippen LogP contribution in [0.2, 0.25) is 25.6 Å². The van der Waals surface area contributed by atoms with Gasteiger partial charge < -0.3 is 52.2 Å². The fourth-order valence-corrected chi connectivity index (χ4v) is 13.6. The molecule has 6 aromatic carbocycles. The largest absolute Gasteiger partial charge is 0.497 e. The fraction of sp³-hybridized carbons (Fsp3) is 0.330. The van der Waals surface area contributed by atoms with E-state index in [1.54, 1.807) is 108 Å². The topological polar surface area (TPSA) is 390 Å². The van der Waals surface area contributed by atoms with Crippen molar-refractivity contribution in [2.75, 3.05) is 97.8 Å². The van der Waals surface area contributed by atoms with E-state index in [2.05, 4.69) is 84.1 Å². The van der Waals surface area contributed by atoms with Gasteiger partial charge in [-0.15, -0.1) is 10.2 Å². The first-order chi connectivity index (χ1) is 67.6. The number of benzene rings is 6. The Labute approximate surface area is 840 Å². The summed E-state index contributed by atoms with van der Waals surface area (Å²) in [6.07, 6.45) is 20.5. The number of methoxy groups -OCH3 is 7. The summed E-state index contributed by atoms with van der Waals surface area (Å²) in [5.41, 5.74) is 1.41. The molecule has 141 heavy (non-hydrogen) atoms. The second-order valence-electron chi connectivity index (χ2n) is 26.8. The number of carbonyl (C=O) groups is 4.